The Hall–Kier alpha value is -4.44. The van der Waals surface area contributed by atoms with Crippen molar-refractivity contribution in [2.75, 3.05) is 55.9 Å². The van der Waals surface area contributed by atoms with E-state index in [1.54, 1.807) is 7.11 Å². The summed E-state index contributed by atoms with van der Waals surface area (Å²) >= 11 is 0. The molecule has 0 spiro atoms. The number of fused-ring (bicyclic) bond motifs is 1. The van der Waals surface area contributed by atoms with Crippen LogP contribution in [0.25, 0.3) is 22.2 Å². The molecular formula is C29H34N8O2. The number of ether oxygens (including phenoxy) is 1. The van der Waals surface area contributed by atoms with Crippen molar-refractivity contribution in [1.82, 2.24) is 24.6 Å². The monoisotopic (exact) mass is 526 g/mol. The third-order valence-corrected chi connectivity index (χ3v) is 7.09. The number of aryl methyl sites for hydroxylation is 1. The van der Waals surface area contributed by atoms with Crippen LogP contribution in [-0.4, -0.2) is 70.9 Å². The van der Waals surface area contributed by atoms with Crippen molar-refractivity contribution in [2.24, 2.45) is 7.05 Å². The molecule has 39 heavy (non-hydrogen) atoms. The van der Waals surface area contributed by atoms with Crippen LogP contribution in [0, 0.1) is 0 Å². The number of carbonyl (C=O) groups excluding carboxylic acids is 1. The minimum atomic E-state index is -0.282. The van der Waals surface area contributed by atoms with Gasteiger partial charge >= 0.3 is 0 Å². The van der Waals surface area contributed by atoms with E-state index in [0.717, 1.165) is 54.0 Å². The maximum absolute atomic E-state index is 12.3. The van der Waals surface area contributed by atoms with Crippen molar-refractivity contribution < 1.29 is 9.53 Å². The molecule has 0 saturated carbocycles. The van der Waals surface area contributed by atoms with E-state index in [1.165, 1.54) is 25.2 Å². The predicted molar refractivity (Wildman–Crippen MR) is 156 cm³/mol. The number of methoxy groups -OCH3 is 1. The van der Waals surface area contributed by atoms with Crippen LogP contribution in [0.2, 0.25) is 0 Å². The topological polar surface area (TPSA) is 100 Å². The first-order valence-electron chi connectivity index (χ1n) is 13.1. The van der Waals surface area contributed by atoms with E-state index in [1.807, 2.05) is 55.3 Å². The van der Waals surface area contributed by atoms with Gasteiger partial charge in [-0.2, -0.15) is 5.10 Å². The predicted octanol–water partition coefficient (Wildman–Crippen LogP) is 4.44. The van der Waals surface area contributed by atoms with Gasteiger partial charge in [-0.05, 0) is 50.2 Å². The quantitative estimate of drug-likeness (QED) is 0.293. The van der Waals surface area contributed by atoms with Crippen LogP contribution in [0.15, 0.2) is 61.6 Å². The molecule has 2 aromatic heterocycles. The van der Waals surface area contributed by atoms with Crippen molar-refractivity contribution in [3.63, 3.8) is 0 Å². The summed E-state index contributed by atoms with van der Waals surface area (Å²) in [5.74, 6) is 0.947. The number of aromatic nitrogens is 4. The van der Waals surface area contributed by atoms with Crippen molar-refractivity contribution in [3.05, 3.63) is 61.6 Å². The van der Waals surface area contributed by atoms with Crippen LogP contribution >= 0.6 is 0 Å². The molecule has 1 amide bonds. The third kappa shape index (κ3) is 5.85. The SMILES string of the molecule is C=CC(=O)Nc1cc(Nc2cc(-c3ccc4c(cnn4C)c3)ncn2)c(OC)cc1N(C)CCN1CCCC1. The Morgan fingerprint density at radius 1 is 1.15 bits per heavy atom. The second-order valence-corrected chi connectivity index (χ2v) is 9.69. The standard InChI is InChI=1S/C29H34N8O2/c1-5-29(38)34-23-15-24(27(39-4)17-26(23)35(2)12-13-37-10-6-7-11-37)33-28-16-22(30-19-31-28)20-8-9-25-21(14-20)18-32-36(25)3/h5,8-9,14-19H,1,6-7,10-13H2,2-4H3,(H,34,38)(H,30,31,33). The van der Waals surface area contributed by atoms with E-state index in [0.29, 0.717) is 22.9 Å². The van der Waals surface area contributed by atoms with E-state index in [9.17, 15) is 4.79 Å². The second kappa shape index (κ2) is 11.5. The van der Waals surface area contributed by atoms with Gasteiger partial charge in [0.25, 0.3) is 0 Å². The first-order valence-corrected chi connectivity index (χ1v) is 13.1. The van der Waals surface area contributed by atoms with Gasteiger partial charge in [0.15, 0.2) is 0 Å². The van der Waals surface area contributed by atoms with Gasteiger partial charge in [-0.3, -0.25) is 9.48 Å². The first kappa shape index (κ1) is 26.2. The molecule has 1 saturated heterocycles. The number of nitrogens with zero attached hydrogens (tertiary/aromatic N) is 6. The molecule has 0 bridgehead atoms. The van der Waals surface area contributed by atoms with Crippen molar-refractivity contribution in [3.8, 4) is 17.0 Å². The highest BCUT2D eigenvalue weighted by Crippen LogP contribution is 2.38. The normalized spacial score (nSPS) is 13.4. The van der Waals surface area contributed by atoms with Gasteiger partial charge in [0.05, 0.1) is 41.6 Å². The number of likely N-dealkylation sites (tertiary alicyclic amines) is 1. The lowest BCUT2D eigenvalue weighted by Gasteiger charge is -2.26. The zero-order valence-corrected chi connectivity index (χ0v) is 22.6. The van der Waals surface area contributed by atoms with Crippen molar-refractivity contribution >= 4 is 39.7 Å². The van der Waals surface area contributed by atoms with E-state index >= 15 is 0 Å². The van der Waals surface area contributed by atoms with Gasteiger partial charge in [0, 0.05) is 50.3 Å². The summed E-state index contributed by atoms with van der Waals surface area (Å²) in [6, 6.07) is 11.8. The molecule has 10 nitrogen and oxygen atoms in total. The van der Waals surface area contributed by atoms with Gasteiger partial charge in [0.1, 0.15) is 17.9 Å². The number of likely N-dealkylation sites (N-methyl/N-ethyl adjacent to an activating group) is 1. The van der Waals surface area contributed by atoms with Gasteiger partial charge in [0.2, 0.25) is 5.91 Å². The maximum atomic E-state index is 12.3. The van der Waals surface area contributed by atoms with Crippen molar-refractivity contribution in [2.45, 2.75) is 12.8 Å². The molecule has 10 heteroatoms. The summed E-state index contributed by atoms with van der Waals surface area (Å²) in [4.78, 5) is 25.8. The molecule has 0 aliphatic carbocycles. The van der Waals surface area contributed by atoms with E-state index < -0.39 is 0 Å². The summed E-state index contributed by atoms with van der Waals surface area (Å²) in [7, 11) is 5.58. The van der Waals surface area contributed by atoms with Crippen LogP contribution in [-0.2, 0) is 11.8 Å². The Labute approximate surface area is 228 Å². The molecule has 4 aromatic rings. The van der Waals surface area contributed by atoms with Gasteiger partial charge in [-0.25, -0.2) is 9.97 Å². The van der Waals surface area contributed by atoms with E-state index in [4.69, 9.17) is 4.74 Å². The molecule has 2 N–H and O–H groups in total. The Bertz CT molecular complexity index is 1490. The largest absolute Gasteiger partial charge is 0.494 e. The highest BCUT2D eigenvalue weighted by Gasteiger charge is 2.18. The molecular weight excluding hydrogens is 492 g/mol. The van der Waals surface area contributed by atoms with Gasteiger partial charge in [-0.15, -0.1) is 0 Å². The fourth-order valence-electron chi connectivity index (χ4n) is 4.90. The number of hydrogen-bond donors (Lipinski definition) is 2. The highest BCUT2D eigenvalue weighted by molar-refractivity contribution is 6.02. The van der Waals surface area contributed by atoms with Crippen molar-refractivity contribution in [1.29, 1.82) is 0 Å². The Morgan fingerprint density at radius 2 is 1.97 bits per heavy atom. The Balaban J connectivity index is 1.43. The summed E-state index contributed by atoms with van der Waals surface area (Å²) in [5.41, 5.74) is 4.97. The Kier molecular flexibility index (Phi) is 7.74. The van der Waals surface area contributed by atoms with Crippen LogP contribution < -0.4 is 20.3 Å². The average molecular weight is 527 g/mol. The van der Waals surface area contributed by atoms with Crippen LogP contribution in [0.3, 0.4) is 0 Å². The molecule has 202 valence electrons. The minimum Gasteiger partial charge on any atom is -0.494 e. The van der Waals surface area contributed by atoms with E-state index in [2.05, 4.69) is 48.1 Å². The lowest BCUT2D eigenvalue weighted by atomic mass is 10.1. The molecule has 0 radical (unpaired) electrons. The second-order valence-electron chi connectivity index (χ2n) is 9.69. The summed E-state index contributed by atoms with van der Waals surface area (Å²) in [6.07, 6.45) is 7.13. The summed E-state index contributed by atoms with van der Waals surface area (Å²) in [5, 5.41) is 11.7. The first-order chi connectivity index (χ1) is 18.9. The van der Waals surface area contributed by atoms with E-state index in [-0.39, 0.29) is 5.91 Å². The maximum Gasteiger partial charge on any atom is 0.247 e. The van der Waals surface area contributed by atoms with Gasteiger partial charge in [-0.1, -0.05) is 12.6 Å². The van der Waals surface area contributed by atoms with Gasteiger partial charge < -0.3 is 25.2 Å². The fourth-order valence-corrected chi connectivity index (χ4v) is 4.90. The molecule has 2 aromatic carbocycles. The number of nitrogens with one attached hydrogen (secondary N) is 2. The average Bonchev–Trinajstić information content (AvgIpc) is 3.61. The molecule has 0 unspecified atom stereocenters. The van der Waals surface area contributed by atoms with Crippen LogP contribution in [0.5, 0.6) is 5.75 Å². The summed E-state index contributed by atoms with van der Waals surface area (Å²) in [6.45, 7) is 7.66. The number of amides is 1. The zero-order valence-electron chi connectivity index (χ0n) is 22.6. The van der Waals surface area contributed by atoms with Crippen LogP contribution in [0.4, 0.5) is 22.9 Å². The molecule has 1 aliphatic rings. The number of carbonyl (C=O) groups is 1. The zero-order chi connectivity index (χ0) is 27.4. The third-order valence-electron chi connectivity index (χ3n) is 7.09. The molecule has 1 aliphatic heterocycles. The number of benzene rings is 2. The molecule has 0 atom stereocenters. The number of anilines is 4. The lowest BCUT2D eigenvalue weighted by molar-refractivity contribution is -0.111. The van der Waals surface area contributed by atoms with Crippen LogP contribution in [0.1, 0.15) is 12.8 Å². The molecule has 3 heterocycles. The number of hydrogen-bond acceptors (Lipinski definition) is 8. The lowest BCUT2D eigenvalue weighted by Crippen LogP contribution is -2.32. The minimum absolute atomic E-state index is 0.282. The summed E-state index contributed by atoms with van der Waals surface area (Å²) < 4.78 is 7.59. The molecule has 5 rings (SSSR count). The smallest absolute Gasteiger partial charge is 0.247 e. The highest BCUT2D eigenvalue weighted by atomic mass is 16.5. The number of rotatable bonds is 10. The fraction of sp³-hybridized carbons (Fsp3) is 0.310. The Morgan fingerprint density at radius 3 is 2.74 bits per heavy atom. The molecule has 1 fully saturated rings.